The monoisotopic (exact) mass is 440 g/mol. The van der Waals surface area contributed by atoms with Crippen molar-refractivity contribution in [1.82, 2.24) is 9.55 Å². The van der Waals surface area contributed by atoms with Gasteiger partial charge in [-0.25, -0.2) is 13.6 Å². The first-order valence-electron chi connectivity index (χ1n) is 10.5. The molecule has 2 aliphatic rings. The number of carboxylic acids is 1. The van der Waals surface area contributed by atoms with E-state index in [1.54, 1.807) is 17.2 Å². The van der Waals surface area contributed by atoms with Gasteiger partial charge in [0.2, 0.25) is 5.43 Å². The molecule has 3 N–H and O–H groups in total. The molecule has 1 aliphatic heterocycles. The molecule has 1 saturated carbocycles. The van der Waals surface area contributed by atoms with E-state index in [1.807, 2.05) is 12.1 Å². The van der Waals surface area contributed by atoms with Gasteiger partial charge in [-0.3, -0.25) is 9.78 Å². The summed E-state index contributed by atoms with van der Waals surface area (Å²) in [5.41, 5.74) is 4.66. The quantitative estimate of drug-likeness (QED) is 0.633. The number of fused-ring (bicyclic) bond motifs is 1. The summed E-state index contributed by atoms with van der Waals surface area (Å²) in [6.45, 7) is 0.917. The largest absolute Gasteiger partial charge is 0.477 e. The fourth-order valence-electron chi connectivity index (χ4n) is 4.73. The number of aromatic nitrogens is 2. The minimum atomic E-state index is -1.42. The van der Waals surface area contributed by atoms with E-state index in [9.17, 15) is 14.7 Å². The number of nitrogens with zero attached hydrogens (tertiary/aromatic N) is 3. The first kappa shape index (κ1) is 20.6. The molecule has 1 atom stereocenters. The summed E-state index contributed by atoms with van der Waals surface area (Å²) >= 11 is 0. The summed E-state index contributed by atoms with van der Waals surface area (Å²) < 4.78 is 32.6. The number of benzene rings is 1. The molecule has 3 heterocycles. The number of rotatable bonds is 5. The maximum Gasteiger partial charge on any atom is 0.341 e. The summed E-state index contributed by atoms with van der Waals surface area (Å²) in [5.74, 6) is -3.17. The van der Waals surface area contributed by atoms with Crippen LogP contribution < -0.4 is 16.1 Å². The van der Waals surface area contributed by atoms with Gasteiger partial charge in [0.05, 0.1) is 10.9 Å². The van der Waals surface area contributed by atoms with Crippen LogP contribution >= 0.6 is 0 Å². The van der Waals surface area contributed by atoms with Gasteiger partial charge in [0.25, 0.3) is 0 Å². The molecule has 0 bridgehead atoms. The van der Waals surface area contributed by atoms with Gasteiger partial charge in [0.15, 0.2) is 5.82 Å². The molecule has 7 nitrogen and oxygen atoms in total. The summed E-state index contributed by atoms with van der Waals surface area (Å²) in [5, 5.41) is 9.12. The first-order valence-corrected chi connectivity index (χ1v) is 10.5. The lowest BCUT2D eigenvalue weighted by molar-refractivity contribution is 0.0694. The van der Waals surface area contributed by atoms with Gasteiger partial charge < -0.3 is 20.3 Å². The minimum Gasteiger partial charge on any atom is -0.477 e. The smallest absolute Gasteiger partial charge is 0.341 e. The maximum atomic E-state index is 15.9. The molecule has 2 fully saturated rings. The van der Waals surface area contributed by atoms with E-state index in [0.717, 1.165) is 24.6 Å². The Labute approximate surface area is 182 Å². The number of hydrogen-bond acceptors (Lipinski definition) is 5. The van der Waals surface area contributed by atoms with Crippen molar-refractivity contribution >= 4 is 22.6 Å². The number of halogens is 2. The Hall–Kier alpha value is -3.33. The Kier molecular flexibility index (Phi) is 4.74. The summed E-state index contributed by atoms with van der Waals surface area (Å²) in [4.78, 5) is 30.2. The van der Waals surface area contributed by atoms with Crippen LogP contribution in [0.1, 0.15) is 41.4 Å². The van der Waals surface area contributed by atoms with Gasteiger partial charge >= 0.3 is 5.97 Å². The van der Waals surface area contributed by atoms with Crippen LogP contribution in [0.4, 0.5) is 14.5 Å². The van der Waals surface area contributed by atoms with Crippen molar-refractivity contribution in [3.63, 3.8) is 0 Å². The van der Waals surface area contributed by atoms with E-state index in [1.165, 1.54) is 10.8 Å². The normalized spacial score (nSPS) is 20.8. The lowest BCUT2D eigenvalue weighted by Gasteiger charge is -2.28. The average molecular weight is 440 g/mol. The molecule has 1 aliphatic carbocycles. The number of hydrogen-bond donors (Lipinski definition) is 2. The zero-order chi connectivity index (χ0) is 22.6. The molecule has 32 heavy (non-hydrogen) atoms. The molecule has 1 saturated heterocycles. The molecule has 3 aromatic rings. The van der Waals surface area contributed by atoms with Crippen molar-refractivity contribution in [2.24, 2.45) is 5.73 Å². The highest BCUT2D eigenvalue weighted by Gasteiger charge is 2.42. The predicted molar refractivity (Wildman–Crippen MR) is 115 cm³/mol. The molecular formula is C23H22F2N4O3. The second-order valence-corrected chi connectivity index (χ2v) is 8.60. The summed E-state index contributed by atoms with van der Waals surface area (Å²) in [6, 6.07) is 6.37. The van der Waals surface area contributed by atoms with Crippen LogP contribution in [0, 0.1) is 11.6 Å². The van der Waals surface area contributed by atoms with Crippen molar-refractivity contribution in [2.45, 2.75) is 30.7 Å². The van der Waals surface area contributed by atoms with Gasteiger partial charge in [0.1, 0.15) is 17.1 Å². The van der Waals surface area contributed by atoms with Crippen LogP contribution in [0.5, 0.6) is 0 Å². The Bertz CT molecular complexity index is 1290. The SMILES string of the molecule is NCC1(c2ccccn2)CCN(c2c(F)cc3c(=O)c(C(=O)O)cn(C4CC4)c3c2F)C1. The predicted octanol–water partition coefficient (Wildman–Crippen LogP) is 2.81. The number of anilines is 1. The fourth-order valence-corrected chi connectivity index (χ4v) is 4.73. The molecule has 9 heteroatoms. The van der Waals surface area contributed by atoms with Crippen LogP contribution in [0.25, 0.3) is 10.9 Å². The average Bonchev–Trinajstić information content (AvgIpc) is 3.54. The Balaban J connectivity index is 1.66. The van der Waals surface area contributed by atoms with E-state index in [-0.39, 0.29) is 35.7 Å². The van der Waals surface area contributed by atoms with E-state index < -0.39 is 34.0 Å². The molecule has 166 valence electrons. The molecule has 2 aromatic heterocycles. The highest BCUT2D eigenvalue weighted by molar-refractivity contribution is 5.94. The van der Waals surface area contributed by atoms with Crippen LogP contribution in [-0.2, 0) is 5.41 Å². The molecule has 0 amide bonds. The highest BCUT2D eigenvalue weighted by atomic mass is 19.1. The third-order valence-corrected chi connectivity index (χ3v) is 6.62. The minimum absolute atomic E-state index is 0.0537. The second kappa shape index (κ2) is 7.37. The van der Waals surface area contributed by atoms with Gasteiger partial charge in [-0.1, -0.05) is 6.07 Å². The van der Waals surface area contributed by atoms with Gasteiger partial charge in [-0.05, 0) is 37.5 Å². The molecule has 1 unspecified atom stereocenters. The lowest BCUT2D eigenvalue weighted by Crippen LogP contribution is -2.39. The number of pyridine rings is 2. The number of carboxylic acid groups (broad SMARTS) is 1. The van der Waals surface area contributed by atoms with Gasteiger partial charge in [-0.2, -0.15) is 0 Å². The number of aromatic carboxylic acids is 1. The van der Waals surface area contributed by atoms with Crippen LogP contribution in [0.15, 0.2) is 41.5 Å². The Morgan fingerprint density at radius 3 is 2.72 bits per heavy atom. The Morgan fingerprint density at radius 2 is 2.09 bits per heavy atom. The number of nitrogens with two attached hydrogens (primary N) is 1. The maximum absolute atomic E-state index is 15.9. The van der Waals surface area contributed by atoms with Crippen molar-refractivity contribution in [3.05, 3.63) is 69.8 Å². The highest BCUT2D eigenvalue weighted by Crippen LogP contribution is 2.42. The zero-order valence-electron chi connectivity index (χ0n) is 17.2. The standard InChI is InChI=1S/C23H22F2N4O3/c24-16-9-14-19(29(13-4-5-13)10-15(21(14)30)22(31)32)18(25)20(16)28-8-6-23(11-26,12-28)17-3-1-2-7-27-17/h1-3,7,9-10,13H,4-6,8,11-12,26H2,(H,31,32). The molecule has 1 aromatic carbocycles. The Morgan fingerprint density at radius 1 is 1.31 bits per heavy atom. The summed E-state index contributed by atoms with van der Waals surface area (Å²) in [6.07, 6.45) is 4.90. The van der Waals surface area contributed by atoms with E-state index >= 15 is 8.78 Å². The van der Waals surface area contributed by atoms with E-state index in [2.05, 4.69) is 4.98 Å². The van der Waals surface area contributed by atoms with Gasteiger partial charge in [0, 0.05) is 49.2 Å². The van der Waals surface area contributed by atoms with Crippen molar-refractivity contribution in [1.29, 1.82) is 0 Å². The number of carbonyl (C=O) groups is 1. The van der Waals surface area contributed by atoms with Crippen molar-refractivity contribution < 1.29 is 18.7 Å². The van der Waals surface area contributed by atoms with Gasteiger partial charge in [-0.15, -0.1) is 0 Å². The van der Waals surface area contributed by atoms with E-state index in [4.69, 9.17) is 5.73 Å². The lowest BCUT2D eigenvalue weighted by atomic mass is 9.83. The molecule has 0 radical (unpaired) electrons. The molecule has 5 rings (SSSR count). The molecule has 0 spiro atoms. The van der Waals surface area contributed by atoms with E-state index in [0.29, 0.717) is 13.0 Å². The zero-order valence-corrected chi connectivity index (χ0v) is 17.2. The first-order chi connectivity index (χ1) is 15.4. The fraction of sp³-hybridized carbons (Fsp3) is 0.348. The van der Waals surface area contributed by atoms with Crippen molar-refractivity contribution in [3.8, 4) is 0 Å². The van der Waals surface area contributed by atoms with Crippen molar-refractivity contribution in [2.75, 3.05) is 24.5 Å². The third-order valence-electron chi connectivity index (χ3n) is 6.62. The third kappa shape index (κ3) is 3.07. The van der Waals surface area contributed by atoms with Crippen LogP contribution in [0.3, 0.4) is 0 Å². The topological polar surface area (TPSA) is 101 Å². The second-order valence-electron chi connectivity index (χ2n) is 8.60. The van der Waals surface area contributed by atoms with Crippen LogP contribution in [0.2, 0.25) is 0 Å². The molecular weight excluding hydrogens is 418 g/mol. The summed E-state index contributed by atoms with van der Waals surface area (Å²) in [7, 11) is 0. The van der Waals surface area contributed by atoms with Crippen LogP contribution in [-0.4, -0.2) is 40.3 Å².